The third kappa shape index (κ3) is 5.01. The number of benzene rings is 3. The highest BCUT2D eigenvalue weighted by molar-refractivity contribution is 6.30. The van der Waals surface area contributed by atoms with Gasteiger partial charge in [-0.25, -0.2) is 4.98 Å². The van der Waals surface area contributed by atoms with Crippen molar-refractivity contribution in [2.24, 2.45) is 0 Å². The molecule has 180 valence electrons. The molecule has 0 spiro atoms. The van der Waals surface area contributed by atoms with Gasteiger partial charge in [0.2, 0.25) is 0 Å². The van der Waals surface area contributed by atoms with Crippen LogP contribution in [-0.2, 0) is 0 Å². The maximum Gasteiger partial charge on any atom is 0.266 e. The van der Waals surface area contributed by atoms with Crippen molar-refractivity contribution in [2.45, 2.75) is 46.1 Å². The highest BCUT2D eigenvalue weighted by atomic mass is 35.5. The van der Waals surface area contributed by atoms with E-state index in [2.05, 4.69) is 6.92 Å². The normalized spacial score (nSPS) is 12.0. The summed E-state index contributed by atoms with van der Waals surface area (Å²) in [6, 6.07) is 21.8. The number of amides is 1. The second-order valence-corrected chi connectivity index (χ2v) is 9.14. The molecule has 4 aromatic rings. The monoisotopic (exact) mass is 487 g/mol. The minimum absolute atomic E-state index is 0.0524. The largest absolute Gasteiger partial charge is 0.328 e. The fourth-order valence-corrected chi connectivity index (χ4v) is 4.66. The number of hydrogen-bond acceptors (Lipinski definition) is 3. The number of carbonyl (C=O) groups is 1. The topological polar surface area (TPSA) is 55.2 Å². The van der Waals surface area contributed by atoms with Gasteiger partial charge in [-0.2, -0.15) is 0 Å². The molecule has 4 rings (SSSR count). The van der Waals surface area contributed by atoms with Crippen LogP contribution in [0.15, 0.2) is 77.6 Å². The molecule has 0 fully saturated rings. The summed E-state index contributed by atoms with van der Waals surface area (Å²) in [4.78, 5) is 34.5. The number of hydrogen-bond donors (Lipinski definition) is 0. The quantitative estimate of drug-likeness (QED) is 0.276. The van der Waals surface area contributed by atoms with Crippen LogP contribution in [0.3, 0.4) is 0 Å². The lowest BCUT2D eigenvalue weighted by atomic mass is 10.0. The molecular weight excluding hydrogens is 458 g/mol. The fourth-order valence-electron chi connectivity index (χ4n) is 4.48. The zero-order chi connectivity index (χ0) is 24.9. The number of aryl methyl sites for hydroxylation is 1. The predicted molar refractivity (Wildman–Crippen MR) is 143 cm³/mol. The summed E-state index contributed by atoms with van der Waals surface area (Å²) in [5.41, 5.74) is 2.66. The predicted octanol–water partition coefficient (Wildman–Crippen LogP) is 6.74. The zero-order valence-electron chi connectivity index (χ0n) is 20.4. The molecule has 0 saturated heterocycles. The van der Waals surface area contributed by atoms with E-state index in [0.717, 1.165) is 18.4 Å². The van der Waals surface area contributed by atoms with Crippen LogP contribution in [-0.4, -0.2) is 26.9 Å². The Hall–Kier alpha value is -3.44. The molecule has 0 N–H and O–H groups in total. The first-order valence-corrected chi connectivity index (χ1v) is 12.5. The van der Waals surface area contributed by atoms with E-state index < -0.39 is 6.04 Å². The Morgan fingerprint density at radius 1 is 1.03 bits per heavy atom. The summed E-state index contributed by atoms with van der Waals surface area (Å²) in [5.74, 6) is 0.486. The number of halogens is 1. The van der Waals surface area contributed by atoms with E-state index in [1.165, 1.54) is 0 Å². The van der Waals surface area contributed by atoms with Gasteiger partial charge in [-0.05, 0) is 61.7 Å². The Morgan fingerprint density at radius 3 is 2.49 bits per heavy atom. The van der Waals surface area contributed by atoms with E-state index in [4.69, 9.17) is 16.6 Å². The first-order chi connectivity index (χ1) is 17.0. The molecule has 1 aromatic heterocycles. The average molecular weight is 488 g/mol. The second-order valence-electron chi connectivity index (χ2n) is 8.70. The van der Waals surface area contributed by atoms with Gasteiger partial charge in [0.25, 0.3) is 11.5 Å². The van der Waals surface area contributed by atoms with Crippen molar-refractivity contribution in [2.75, 3.05) is 6.54 Å². The molecule has 0 aliphatic carbocycles. The van der Waals surface area contributed by atoms with Crippen LogP contribution in [0.2, 0.25) is 5.02 Å². The Labute approximate surface area is 211 Å². The van der Waals surface area contributed by atoms with Crippen molar-refractivity contribution < 1.29 is 4.79 Å². The van der Waals surface area contributed by atoms with Gasteiger partial charge in [0.1, 0.15) is 5.82 Å². The minimum Gasteiger partial charge on any atom is -0.328 e. The molecule has 5 nitrogen and oxygen atoms in total. The molecule has 1 atom stereocenters. The first-order valence-electron chi connectivity index (χ1n) is 12.1. The van der Waals surface area contributed by atoms with Crippen LogP contribution in [0.25, 0.3) is 16.6 Å². The number of carbonyl (C=O) groups excluding carboxylic acids is 1. The smallest absolute Gasteiger partial charge is 0.266 e. The van der Waals surface area contributed by atoms with Gasteiger partial charge in [0.15, 0.2) is 0 Å². The van der Waals surface area contributed by atoms with Crippen molar-refractivity contribution in [3.63, 3.8) is 0 Å². The summed E-state index contributed by atoms with van der Waals surface area (Å²) in [6.45, 7) is 6.65. The molecule has 1 amide bonds. The summed E-state index contributed by atoms with van der Waals surface area (Å²) in [5, 5.41) is 1.05. The van der Waals surface area contributed by atoms with Crippen LogP contribution < -0.4 is 5.56 Å². The highest BCUT2D eigenvalue weighted by Gasteiger charge is 2.30. The molecule has 3 aromatic carbocycles. The number of aromatic nitrogens is 2. The maximum atomic E-state index is 13.9. The van der Waals surface area contributed by atoms with Crippen LogP contribution in [0.4, 0.5) is 0 Å². The Kier molecular flexibility index (Phi) is 7.67. The van der Waals surface area contributed by atoms with Gasteiger partial charge < -0.3 is 4.90 Å². The molecule has 6 heteroatoms. The molecule has 0 radical (unpaired) electrons. The van der Waals surface area contributed by atoms with E-state index in [-0.39, 0.29) is 11.5 Å². The maximum absolute atomic E-state index is 13.9. The second kappa shape index (κ2) is 10.9. The molecule has 0 bridgehead atoms. The van der Waals surface area contributed by atoms with E-state index in [1.54, 1.807) is 22.8 Å². The minimum atomic E-state index is -0.398. The lowest BCUT2D eigenvalue weighted by molar-refractivity contribution is 0.0655. The Bertz CT molecular complexity index is 1410. The summed E-state index contributed by atoms with van der Waals surface area (Å²) in [7, 11) is 0. The first kappa shape index (κ1) is 24.7. The third-order valence-electron chi connectivity index (χ3n) is 6.32. The van der Waals surface area contributed by atoms with E-state index in [9.17, 15) is 9.59 Å². The van der Waals surface area contributed by atoms with Gasteiger partial charge in [-0.1, -0.05) is 68.3 Å². The SMILES string of the molecule is CCCCN(C(=O)c1ccccc1C)C(CC)c1nc2ccccc2c(=O)n1-c1cccc(Cl)c1. The standard InChI is InChI=1S/C29H30ClN3O2/c1-4-6-18-32(28(34)23-15-8-7-12-20(23)3)26(5-2)27-31-25-17-10-9-16-24(25)29(35)33(27)22-14-11-13-21(30)19-22/h7-17,19,26H,4-6,18H2,1-3H3. The third-order valence-corrected chi connectivity index (χ3v) is 6.55. The molecular formula is C29H30ClN3O2. The lowest BCUT2D eigenvalue weighted by Gasteiger charge is -2.33. The summed E-state index contributed by atoms with van der Waals surface area (Å²) < 4.78 is 1.62. The molecule has 1 unspecified atom stereocenters. The molecule has 0 aliphatic heterocycles. The van der Waals surface area contributed by atoms with Crippen LogP contribution in [0.1, 0.15) is 60.9 Å². The Balaban J connectivity index is 1.96. The number of unbranched alkanes of at least 4 members (excludes halogenated alkanes) is 1. The number of rotatable bonds is 8. The zero-order valence-corrected chi connectivity index (χ0v) is 21.1. The fraction of sp³-hybridized carbons (Fsp3) is 0.276. The van der Waals surface area contributed by atoms with Crippen molar-refractivity contribution >= 4 is 28.4 Å². The van der Waals surface area contributed by atoms with Crippen LogP contribution in [0, 0.1) is 6.92 Å². The Morgan fingerprint density at radius 2 is 1.77 bits per heavy atom. The number of fused-ring (bicyclic) bond motifs is 1. The molecule has 0 aliphatic rings. The van der Waals surface area contributed by atoms with Crippen LogP contribution in [0.5, 0.6) is 0 Å². The number of nitrogens with zero attached hydrogens (tertiary/aromatic N) is 3. The van der Waals surface area contributed by atoms with Gasteiger partial charge in [-0.3, -0.25) is 14.2 Å². The summed E-state index contributed by atoms with van der Waals surface area (Å²) in [6.07, 6.45) is 2.40. The van der Waals surface area contributed by atoms with E-state index >= 15 is 0 Å². The van der Waals surface area contributed by atoms with Gasteiger partial charge in [0.05, 0.1) is 22.6 Å². The summed E-state index contributed by atoms with van der Waals surface area (Å²) >= 11 is 6.31. The van der Waals surface area contributed by atoms with Crippen molar-refractivity contribution in [1.29, 1.82) is 0 Å². The lowest BCUT2D eigenvalue weighted by Crippen LogP contribution is -2.39. The van der Waals surface area contributed by atoms with Crippen molar-refractivity contribution in [3.05, 3.63) is 105 Å². The molecule has 1 heterocycles. The van der Waals surface area contributed by atoms with E-state index in [1.807, 2.05) is 73.3 Å². The van der Waals surface area contributed by atoms with E-state index in [0.29, 0.717) is 46.0 Å². The highest BCUT2D eigenvalue weighted by Crippen LogP contribution is 2.29. The number of para-hydroxylation sites is 1. The van der Waals surface area contributed by atoms with Gasteiger partial charge in [-0.15, -0.1) is 0 Å². The average Bonchev–Trinajstić information content (AvgIpc) is 2.86. The molecule has 0 saturated carbocycles. The van der Waals surface area contributed by atoms with Crippen LogP contribution >= 0.6 is 11.6 Å². The molecule has 35 heavy (non-hydrogen) atoms. The van der Waals surface area contributed by atoms with Gasteiger partial charge in [0, 0.05) is 17.1 Å². The van der Waals surface area contributed by atoms with Crippen molar-refractivity contribution in [3.8, 4) is 5.69 Å². The van der Waals surface area contributed by atoms with Crippen molar-refractivity contribution in [1.82, 2.24) is 14.5 Å². The van der Waals surface area contributed by atoms with Gasteiger partial charge >= 0.3 is 0 Å².